The molecule has 0 aliphatic heterocycles. The van der Waals surface area contributed by atoms with Crippen LogP contribution >= 0.6 is 11.6 Å². The van der Waals surface area contributed by atoms with Crippen LogP contribution in [0.3, 0.4) is 0 Å². The third-order valence-electron chi connectivity index (χ3n) is 3.03. The Kier molecular flexibility index (Phi) is 4.49. The first-order valence-corrected chi connectivity index (χ1v) is 7.20. The molecule has 3 N–H and O–H groups in total. The number of amides is 2. The number of H-pyrrole nitrogens is 1. The molecule has 2 amide bonds. The predicted octanol–water partition coefficient (Wildman–Crippen LogP) is 2.84. The molecule has 0 saturated carbocycles. The van der Waals surface area contributed by atoms with Gasteiger partial charge in [0.15, 0.2) is 5.82 Å². The number of nitrogens with one attached hydrogen (secondary N) is 3. The fraction of sp³-hybridized carbons (Fsp3) is 0.0667. The SMILES string of the molecule is O=C(NCc1ccc(Cl)cc1)Nc1n[nH]c(-c2ccncc2)n1. The van der Waals surface area contributed by atoms with Crippen LogP contribution in [0.25, 0.3) is 11.4 Å². The molecule has 0 unspecified atom stereocenters. The van der Waals surface area contributed by atoms with Crippen LogP contribution in [0.1, 0.15) is 5.56 Å². The molecular weight excluding hydrogens is 316 g/mol. The Balaban J connectivity index is 1.56. The van der Waals surface area contributed by atoms with Gasteiger partial charge in [-0.2, -0.15) is 4.98 Å². The zero-order chi connectivity index (χ0) is 16.1. The third-order valence-corrected chi connectivity index (χ3v) is 3.28. The molecule has 116 valence electrons. The number of benzene rings is 1. The highest BCUT2D eigenvalue weighted by Gasteiger charge is 2.08. The quantitative estimate of drug-likeness (QED) is 0.686. The van der Waals surface area contributed by atoms with Crippen LogP contribution in [0.15, 0.2) is 48.8 Å². The molecule has 3 rings (SSSR count). The lowest BCUT2D eigenvalue weighted by Gasteiger charge is -2.05. The second-order valence-corrected chi connectivity index (χ2v) is 5.11. The lowest BCUT2D eigenvalue weighted by molar-refractivity contribution is 0.251. The van der Waals surface area contributed by atoms with Crippen molar-refractivity contribution in [2.75, 3.05) is 5.32 Å². The maximum absolute atomic E-state index is 11.8. The van der Waals surface area contributed by atoms with E-state index >= 15 is 0 Å². The zero-order valence-corrected chi connectivity index (χ0v) is 12.7. The Morgan fingerprint density at radius 2 is 1.87 bits per heavy atom. The van der Waals surface area contributed by atoms with Gasteiger partial charge in [0.2, 0.25) is 5.95 Å². The van der Waals surface area contributed by atoms with E-state index < -0.39 is 0 Å². The fourth-order valence-electron chi connectivity index (χ4n) is 1.89. The summed E-state index contributed by atoms with van der Waals surface area (Å²) < 4.78 is 0. The van der Waals surface area contributed by atoms with Crippen molar-refractivity contribution in [3.8, 4) is 11.4 Å². The topological polar surface area (TPSA) is 95.6 Å². The van der Waals surface area contributed by atoms with Gasteiger partial charge < -0.3 is 5.32 Å². The molecule has 0 saturated heterocycles. The minimum absolute atomic E-state index is 0.199. The predicted molar refractivity (Wildman–Crippen MR) is 86.9 cm³/mol. The average Bonchev–Trinajstić information content (AvgIpc) is 3.04. The Hall–Kier alpha value is -2.93. The Labute approximate surface area is 137 Å². The minimum Gasteiger partial charge on any atom is -0.334 e. The molecule has 0 spiro atoms. The van der Waals surface area contributed by atoms with E-state index in [0.717, 1.165) is 11.1 Å². The molecular formula is C15H13ClN6O. The summed E-state index contributed by atoms with van der Waals surface area (Å²) in [6.45, 7) is 0.380. The highest BCUT2D eigenvalue weighted by atomic mass is 35.5. The maximum Gasteiger partial charge on any atom is 0.321 e. The van der Waals surface area contributed by atoms with E-state index in [9.17, 15) is 4.79 Å². The maximum atomic E-state index is 11.8. The van der Waals surface area contributed by atoms with Crippen molar-refractivity contribution >= 4 is 23.6 Å². The molecule has 0 radical (unpaired) electrons. The highest BCUT2D eigenvalue weighted by molar-refractivity contribution is 6.30. The second kappa shape index (κ2) is 6.89. The van der Waals surface area contributed by atoms with E-state index in [1.165, 1.54) is 0 Å². The van der Waals surface area contributed by atoms with Crippen molar-refractivity contribution in [2.45, 2.75) is 6.54 Å². The van der Waals surface area contributed by atoms with Gasteiger partial charge in [0.1, 0.15) is 0 Å². The molecule has 1 aromatic carbocycles. The van der Waals surface area contributed by atoms with Crippen LogP contribution in [-0.2, 0) is 6.54 Å². The fourth-order valence-corrected chi connectivity index (χ4v) is 2.01. The van der Waals surface area contributed by atoms with Crippen LogP contribution in [0.5, 0.6) is 0 Å². The number of carbonyl (C=O) groups excluding carboxylic acids is 1. The molecule has 2 aromatic heterocycles. The van der Waals surface area contributed by atoms with Crippen molar-refractivity contribution in [2.24, 2.45) is 0 Å². The van der Waals surface area contributed by atoms with Gasteiger partial charge in [-0.05, 0) is 29.8 Å². The first-order valence-electron chi connectivity index (χ1n) is 6.83. The van der Waals surface area contributed by atoms with E-state index in [2.05, 4.69) is 30.8 Å². The minimum atomic E-state index is -0.389. The number of hydrogen-bond donors (Lipinski definition) is 3. The van der Waals surface area contributed by atoms with Crippen molar-refractivity contribution < 1.29 is 4.79 Å². The Morgan fingerprint density at radius 1 is 1.13 bits per heavy atom. The van der Waals surface area contributed by atoms with Crippen LogP contribution in [0.4, 0.5) is 10.7 Å². The van der Waals surface area contributed by atoms with Gasteiger partial charge in [0.25, 0.3) is 0 Å². The van der Waals surface area contributed by atoms with Crippen LogP contribution in [0, 0.1) is 0 Å². The summed E-state index contributed by atoms with van der Waals surface area (Å²) in [4.78, 5) is 20.0. The summed E-state index contributed by atoms with van der Waals surface area (Å²) in [6, 6.07) is 10.4. The summed E-state index contributed by atoms with van der Waals surface area (Å²) in [5, 5.41) is 12.7. The normalized spacial score (nSPS) is 10.3. The van der Waals surface area contributed by atoms with E-state index in [1.807, 2.05) is 12.1 Å². The number of hydrogen-bond acceptors (Lipinski definition) is 4. The van der Waals surface area contributed by atoms with Gasteiger partial charge in [-0.15, -0.1) is 5.10 Å². The summed E-state index contributed by atoms with van der Waals surface area (Å²) >= 11 is 5.81. The summed E-state index contributed by atoms with van der Waals surface area (Å²) in [7, 11) is 0. The number of halogens is 1. The van der Waals surface area contributed by atoms with Crippen molar-refractivity contribution in [1.29, 1.82) is 0 Å². The second-order valence-electron chi connectivity index (χ2n) is 4.68. The van der Waals surface area contributed by atoms with E-state index in [4.69, 9.17) is 11.6 Å². The molecule has 0 fully saturated rings. The molecule has 0 atom stereocenters. The molecule has 0 aliphatic carbocycles. The first-order chi connectivity index (χ1) is 11.2. The third kappa shape index (κ3) is 4.04. The van der Waals surface area contributed by atoms with Gasteiger partial charge in [0.05, 0.1) is 0 Å². The van der Waals surface area contributed by atoms with E-state index in [0.29, 0.717) is 17.4 Å². The number of anilines is 1. The standard InChI is InChI=1S/C15H13ClN6O/c16-12-3-1-10(2-4-12)9-18-15(23)20-14-19-13(21-22-14)11-5-7-17-8-6-11/h1-8H,9H2,(H3,18,19,20,21,22,23). The van der Waals surface area contributed by atoms with Crippen molar-refractivity contribution in [1.82, 2.24) is 25.5 Å². The summed E-state index contributed by atoms with van der Waals surface area (Å²) in [5.41, 5.74) is 1.78. The molecule has 0 bridgehead atoms. The number of nitrogens with zero attached hydrogens (tertiary/aromatic N) is 3. The summed E-state index contributed by atoms with van der Waals surface area (Å²) in [5.74, 6) is 0.755. The monoisotopic (exact) mass is 328 g/mol. The smallest absolute Gasteiger partial charge is 0.321 e. The van der Waals surface area contributed by atoms with E-state index in [-0.39, 0.29) is 12.0 Å². The largest absolute Gasteiger partial charge is 0.334 e. The number of aromatic amines is 1. The highest BCUT2D eigenvalue weighted by Crippen LogP contribution is 2.14. The molecule has 3 aromatic rings. The van der Waals surface area contributed by atoms with Gasteiger partial charge >= 0.3 is 6.03 Å². The van der Waals surface area contributed by atoms with E-state index in [1.54, 1.807) is 36.7 Å². The van der Waals surface area contributed by atoms with Crippen LogP contribution in [0.2, 0.25) is 5.02 Å². The summed E-state index contributed by atoms with van der Waals surface area (Å²) in [6.07, 6.45) is 3.31. The Morgan fingerprint density at radius 3 is 2.61 bits per heavy atom. The molecule has 2 heterocycles. The Bertz CT molecular complexity index is 787. The van der Waals surface area contributed by atoms with Crippen molar-refractivity contribution in [3.63, 3.8) is 0 Å². The lowest BCUT2D eigenvalue weighted by Crippen LogP contribution is -2.28. The first kappa shape index (κ1) is 15.0. The van der Waals surface area contributed by atoms with Gasteiger partial charge in [-0.1, -0.05) is 23.7 Å². The number of carbonyl (C=O) groups is 1. The van der Waals surface area contributed by atoms with Crippen molar-refractivity contribution in [3.05, 3.63) is 59.4 Å². The number of aromatic nitrogens is 4. The molecule has 0 aliphatic rings. The zero-order valence-electron chi connectivity index (χ0n) is 12.0. The molecule has 7 nitrogen and oxygen atoms in total. The lowest BCUT2D eigenvalue weighted by atomic mass is 10.2. The number of rotatable bonds is 4. The number of urea groups is 1. The van der Waals surface area contributed by atoms with Crippen LogP contribution in [-0.4, -0.2) is 26.2 Å². The number of pyridine rings is 1. The van der Waals surface area contributed by atoms with Crippen LogP contribution < -0.4 is 10.6 Å². The molecule has 23 heavy (non-hydrogen) atoms. The average molecular weight is 329 g/mol. The van der Waals surface area contributed by atoms with Gasteiger partial charge in [0, 0.05) is 29.5 Å². The molecule has 8 heteroatoms. The van der Waals surface area contributed by atoms with Gasteiger partial charge in [-0.25, -0.2) is 4.79 Å². The van der Waals surface area contributed by atoms with Gasteiger partial charge in [-0.3, -0.25) is 15.4 Å².